The lowest BCUT2D eigenvalue weighted by Gasteiger charge is -2.17. The lowest BCUT2D eigenvalue weighted by Crippen LogP contribution is -2.18. The molecule has 0 amide bonds. The Hall–Kier alpha value is -1.52. The molecule has 0 aromatic heterocycles. The highest BCUT2D eigenvalue weighted by Gasteiger charge is 2.16. The maximum Gasteiger partial charge on any atom is 0.123 e. The Bertz CT molecular complexity index is 615. The average molecular weight is 303 g/mol. The fourth-order valence-electron chi connectivity index (χ4n) is 2.48. The molecule has 0 spiro atoms. The van der Waals surface area contributed by atoms with Crippen LogP contribution in [0.15, 0.2) is 47.4 Å². The molecule has 1 aliphatic heterocycles. The molecule has 1 unspecified atom stereocenters. The predicted octanol–water partition coefficient (Wildman–Crippen LogP) is 3.81. The van der Waals surface area contributed by atoms with Crippen LogP contribution in [0.1, 0.15) is 17.2 Å². The van der Waals surface area contributed by atoms with Crippen molar-refractivity contribution in [2.24, 2.45) is 0 Å². The molecular weight excluding hydrogens is 285 g/mol. The first-order valence-corrected chi connectivity index (χ1v) is 8.06. The van der Waals surface area contributed by atoms with Crippen molar-refractivity contribution in [1.82, 2.24) is 5.32 Å². The average Bonchev–Trinajstić information content (AvgIpc) is 2.97. The molecule has 1 atom stereocenters. The van der Waals surface area contributed by atoms with E-state index in [1.807, 2.05) is 19.2 Å². The topological polar surface area (TPSA) is 21.3 Å². The zero-order valence-electron chi connectivity index (χ0n) is 11.9. The molecule has 0 saturated carbocycles. The van der Waals surface area contributed by atoms with Gasteiger partial charge in [-0.05, 0) is 48.5 Å². The van der Waals surface area contributed by atoms with Crippen LogP contribution in [-0.4, -0.2) is 19.4 Å². The van der Waals surface area contributed by atoms with Crippen LogP contribution in [0.25, 0.3) is 0 Å². The molecule has 2 nitrogen and oxygen atoms in total. The molecule has 0 saturated heterocycles. The highest BCUT2D eigenvalue weighted by Crippen LogP contribution is 2.30. The largest absolute Gasteiger partial charge is 0.493 e. The third kappa shape index (κ3) is 3.39. The number of hydrogen-bond donors (Lipinski definition) is 1. The van der Waals surface area contributed by atoms with Crippen molar-refractivity contribution in [2.75, 3.05) is 19.4 Å². The Balaban J connectivity index is 1.68. The van der Waals surface area contributed by atoms with E-state index >= 15 is 0 Å². The smallest absolute Gasteiger partial charge is 0.123 e. The first kappa shape index (κ1) is 14.4. The molecule has 1 N–H and O–H groups in total. The minimum absolute atomic E-state index is 0.192. The number of ether oxygens (including phenoxy) is 1. The van der Waals surface area contributed by atoms with Crippen LogP contribution in [0.2, 0.25) is 0 Å². The molecule has 110 valence electrons. The highest BCUT2D eigenvalue weighted by atomic mass is 32.2. The van der Waals surface area contributed by atoms with Crippen molar-refractivity contribution in [3.8, 4) is 5.75 Å². The van der Waals surface area contributed by atoms with Crippen molar-refractivity contribution < 1.29 is 9.13 Å². The van der Waals surface area contributed by atoms with Gasteiger partial charge in [0, 0.05) is 23.1 Å². The van der Waals surface area contributed by atoms with Gasteiger partial charge in [0.15, 0.2) is 0 Å². The van der Waals surface area contributed by atoms with E-state index in [-0.39, 0.29) is 11.9 Å². The summed E-state index contributed by atoms with van der Waals surface area (Å²) in [7, 11) is 1.97. The van der Waals surface area contributed by atoms with Crippen LogP contribution in [0.3, 0.4) is 0 Å². The van der Waals surface area contributed by atoms with Gasteiger partial charge in [-0.15, -0.1) is 11.8 Å². The second-order valence-electron chi connectivity index (χ2n) is 5.07. The van der Waals surface area contributed by atoms with Crippen molar-refractivity contribution in [2.45, 2.75) is 17.4 Å². The van der Waals surface area contributed by atoms with Gasteiger partial charge in [0.2, 0.25) is 0 Å². The van der Waals surface area contributed by atoms with Crippen LogP contribution in [-0.2, 0) is 6.42 Å². The first-order valence-electron chi connectivity index (χ1n) is 7.07. The van der Waals surface area contributed by atoms with Gasteiger partial charge in [0.05, 0.1) is 6.61 Å². The van der Waals surface area contributed by atoms with Gasteiger partial charge in [0.1, 0.15) is 11.6 Å². The van der Waals surface area contributed by atoms with Crippen LogP contribution < -0.4 is 10.1 Å². The summed E-state index contributed by atoms with van der Waals surface area (Å²) in [5.74, 6) is 1.73. The Labute approximate surface area is 128 Å². The first-order chi connectivity index (χ1) is 10.3. The lowest BCUT2D eigenvalue weighted by molar-refractivity contribution is 0.357. The van der Waals surface area contributed by atoms with Gasteiger partial charge in [-0.2, -0.15) is 0 Å². The highest BCUT2D eigenvalue weighted by molar-refractivity contribution is 7.99. The van der Waals surface area contributed by atoms with Crippen molar-refractivity contribution in [3.63, 3.8) is 0 Å². The molecule has 21 heavy (non-hydrogen) atoms. The van der Waals surface area contributed by atoms with E-state index in [0.29, 0.717) is 0 Å². The van der Waals surface area contributed by atoms with E-state index in [1.165, 1.54) is 23.3 Å². The standard InChI is InChI=1S/C17H18FNOS/c1-19-16(11-21-15-5-3-14(18)4-6-15)12-2-7-17-13(10-12)8-9-20-17/h2-7,10,16,19H,8-9,11H2,1H3. The summed E-state index contributed by atoms with van der Waals surface area (Å²) in [5.41, 5.74) is 2.57. The number of rotatable bonds is 5. The number of halogens is 1. The molecular formula is C17H18FNOS. The van der Waals surface area contributed by atoms with Crippen LogP contribution in [0.4, 0.5) is 4.39 Å². The Morgan fingerprint density at radius 1 is 1.24 bits per heavy atom. The van der Waals surface area contributed by atoms with E-state index in [9.17, 15) is 4.39 Å². The summed E-state index contributed by atoms with van der Waals surface area (Å²) in [6.45, 7) is 0.785. The third-order valence-electron chi connectivity index (χ3n) is 3.69. The zero-order chi connectivity index (χ0) is 14.7. The number of hydrogen-bond acceptors (Lipinski definition) is 3. The molecule has 0 fully saturated rings. The molecule has 1 heterocycles. The maximum atomic E-state index is 12.9. The lowest BCUT2D eigenvalue weighted by atomic mass is 10.0. The molecule has 0 radical (unpaired) electrons. The third-order valence-corrected chi connectivity index (χ3v) is 4.80. The fraction of sp³-hybridized carbons (Fsp3) is 0.294. The molecule has 2 aromatic rings. The van der Waals surface area contributed by atoms with Gasteiger partial charge in [-0.25, -0.2) is 4.39 Å². The SMILES string of the molecule is CNC(CSc1ccc(F)cc1)c1ccc2c(c1)CCO2. The van der Waals surface area contributed by atoms with Gasteiger partial charge in [-0.1, -0.05) is 12.1 Å². The molecule has 3 rings (SSSR count). The van der Waals surface area contributed by atoms with Crippen molar-refractivity contribution >= 4 is 11.8 Å². The number of nitrogens with one attached hydrogen (secondary N) is 1. The number of benzene rings is 2. The van der Waals surface area contributed by atoms with E-state index in [4.69, 9.17) is 4.74 Å². The summed E-state index contributed by atoms with van der Waals surface area (Å²) < 4.78 is 18.5. The van der Waals surface area contributed by atoms with Crippen molar-refractivity contribution in [1.29, 1.82) is 0 Å². The van der Waals surface area contributed by atoms with E-state index in [1.54, 1.807) is 11.8 Å². The fourth-order valence-corrected chi connectivity index (χ4v) is 3.53. The zero-order valence-corrected chi connectivity index (χ0v) is 12.8. The normalized spacial score (nSPS) is 14.6. The summed E-state index contributed by atoms with van der Waals surface area (Å²) in [6, 6.07) is 13.3. The number of thioether (sulfide) groups is 1. The second kappa shape index (κ2) is 6.50. The van der Waals surface area contributed by atoms with Gasteiger partial charge < -0.3 is 10.1 Å². The Morgan fingerprint density at radius 2 is 2.05 bits per heavy atom. The van der Waals surface area contributed by atoms with E-state index < -0.39 is 0 Å². The van der Waals surface area contributed by atoms with Crippen LogP contribution in [0.5, 0.6) is 5.75 Å². The Kier molecular flexibility index (Phi) is 4.46. The quantitative estimate of drug-likeness (QED) is 0.849. The monoisotopic (exact) mass is 303 g/mol. The van der Waals surface area contributed by atoms with E-state index in [2.05, 4.69) is 23.5 Å². The minimum atomic E-state index is -0.192. The Morgan fingerprint density at radius 3 is 2.81 bits per heavy atom. The predicted molar refractivity (Wildman–Crippen MR) is 84.6 cm³/mol. The molecule has 0 aliphatic carbocycles. The maximum absolute atomic E-state index is 12.9. The second-order valence-corrected chi connectivity index (χ2v) is 6.17. The summed E-state index contributed by atoms with van der Waals surface area (Å²) in [4.78, 5) is 1.08. The van der Waals surface area contributed by atoms with E-state index in [0.717, 1.165) is 29.4 Å². The minimum Gasteiger partial charge on any atom is -0.493 e. The van der Waals surface area contributed by atoms with Crippen LogP contribution in [0, 0.1) is 5.82 Å². The van der Waals surface area contributed by atoms with Gasteiger partial charge in [-0.3, -0.25) is 0 Å². The summed E-state index contributed by atoms with van der Waals surface area (Å²) >= 11 is 1.73. The molecule has 0 bridgehead atoms. The van der Waals surface area contributed by atoms with Crippen LogP contribution >= 0.6 is 11.8 Å². The molecule has 4 heteroatoms. The molecule has 2 aromatic carbocycles. The number of fused-ring (bicyclic) bond motifs is 1. The summed E-state index contributed by atoms with van der Waals surface area (Å²) in [5, 5.41) is 3.36. The van der Waals surface area contributed by atoms with Gasteiger partial charge in [0.25, 0.3) is 0 Å². The summed E-state index contributed by atoms with van der Waals surface area (Å²) in [6.07, 6.45) is 0.991. The molecule has 1 aliphatic rings. The van der Waals surface area contributed by atoms with Crippen molar-refractivity contribution in [3.05, 3.63) is 59.4 Å². The van der Waals surface area contributed by atoms with Gasteiger partial charge >= 0.3 is 0 Å².